The van der Waals surface area contributed by atoms with E-state index in [4.69, 9.17) is 0 Å². The minimum absolute atomic E-state index is 0.218. The Labute approximate surface area is 198 Å². The minimum Gasteiger partial charge on any atom is -0.358 e. The first-order valence-electron chi connectivity index (χ1n) is 10.7. The van der Waals surface area contributed by atoms with Crippen molar-refractivity contribution in [1.82, 2.24) is 15.6 Å². The number of carbonyl (C=O) groups is 1. The zero-order valence-electron chi connectivity index (χ0n) is 18.9. The Hall–Kier alpha value is -3.40. The van der Waals surface area contributed by atoms with Crippen molar-refractivity contribution in [3.63, 3.8) is 0 Å². The maximum Gasteiger partial charge on any atom is 0.433 e. The number of nitrogens with one attached hydrogen (secondary N) is 2. The molecule has 3 rings (SSSR count). The third kappa shape index (κ3) is 6.60. The Bertz CT molecular complexity index is 1180. The summed E-state index contributed by atoms with van der Waals surface area (Å²) in [5.41, 5.74) is 0.154. The Morgan fingerprint density at radius 2 is 1.71 bits per heavy atom. The quantitative estimate of drug-likeness (QED) is 0.402. The fourth-order valence-electron chi connectivity index (χ4n) is 3.67. The van der Waals surface area contributed by atoms with Crippen LogP contribution in [0.1, 0.15) is 46.5 Å². The molecule has 0 aliphatic rings. The Kier molecular flexibility index (Phi) is 8.16. The first-order chi connectivity index (χ1) is 16.5. The summed E-state index contributed by atoms with van der Waals surface area (Å²) in [6, 6.07) is 7.25. The fraction of sp³-hybridized carbons (Fsp3) is 0.280. The van der Waals surface area contributed by atoms with E-state index in [0.717, 1.165) is 30.5 Å². The van der Waals surface area contributed by atoms with Crippen LogP contribution in [0.25, 0.3) is 0 Å². The van der Waals surface area contributed by atoms with Gasteiger partial charge in [0.15, 0.2) is 0 Å². The van der Waals surface area contributed by atoms with Crippen molar-refractivity contribution >= 4 is 5.91 Å². The highest BCUT2D eigenvalue weighted by molar-refractivity contribution is 5.83. The molecule has 0 aliphatic carbocycles. The van der Waals surface area contributed by atoms with E-state index in [-0.39, 0.29) is 18.4 Å². The summed E-state index contributed by atoms with van der Waals surface area (Å²) in [5, 5.41) is 5.43. The van der Waals surface area contributed by atoms with Crippen molar-refractivity contribution < 1.29 is 31.1 Å². The molecule has 3 aromatic rings. The van der Waals surface area contributed by atoms with Crippen molar-refractivity contribution in [2.45, 2.75) is 38.0 Å². The van der Waals surface area contributed by atoms with Gasteiger partial charge in [-0.3, -0.25) is 15.1 Å². The van der Waals surface area contributed by atoms with Gasteiger partial charge in [-0.1, -0.05) is 18.2 Å². The maximum atomic E-state index is 14.5. The molecule has 0 saturated carbocycles. The maximum absolute atomic E-state index is 14.5. The molecular weight excluding hydrogens is 472 g/mol. The highest BCUT2D eigenvalue weighted by Crippen LogP contribution is 2.29. The monoisotopic (exact) mass is 495 g/mol. The molecule has 2 aromatic carbocycles. The zero-order chi connectivity index (χ0) is 25.8. The summed E-state index contributed by atoms with van der Waals surface area (Å²) >= 11 is 0. The van der Waals surface area contributed by atoms with E-state index < -0.39 is 47.3 Å². The highest BCUT2D eigenvalue weighted by atomic mass is 19.4. The Morgan fingerprint density at radius 1 is 1.00 bits per heavy atom. The molecular formula is C25H23F6N3O. The number of aryl methyl sites for hydroxylation is 2. The molecule has 0 saturated heterocycles. The van der Waals surface area contributed by atoms with Crippen LogP contribution in [-0.2, 0) is 17.4 Å². The standard InChI is InChI=1S/C25H23F6N3O/c1-14-11-16(5-7-19(14)27)21(9-3-15-4-10-22(33-13-15)25(29,30)31)34-23(24(35)32-2)18-12-17(26)6-8-20(18)28/h4-8,10-13,21,23,34H,3,9H2,1-2H3,(H,32,35). The highest BCUT2D eigenvalue weighted by Gasteiger charge is 2.32. The molecule has 4 nitrogen and oxygen atoms in total. The van der Waals surface area contributed by atoms with Crippen LogP contribution in [0.3, 0.4) is 0 Å². The van der Waals surface area contributed by atoms with E-state index in [1.165, 1.54) is 25.2 Å². The lowest BCUT2D eigenvalue weighted by atomic mass is 9.95. The number of pyridine rings is 1. The van der Waals surface area contributed by atoms with Crippen molar-refractivity contribution in [2.75, 3.05) is 7.05 Å². The number of amides is 1. The molecule has 0 bridgehead atoms. The third-order valence-electron chi connectivity index (χ3n) is 5.57. The number of likely N-dealkylation sites (N-methyl/N-ethyl adjacent to an activating group) is 1. The average Bonchev–Trinajstić information content (AvgIpc) is 2.82. The molecule has 1 amide bonds. The number of nitrogens with zero attached hydrogens (tertiary/aromatic N) is 1. The molecule has 0 radical (unpaired) electrons. The number of alkyl halides is 3. The van der Waals surface area contributed by atoms with E-state index in [9.17, 15) is 31.1 Å². The van der Waals surface area contributed by atoms with Gasteiger partial charge in [0.2, 0.25) is 5.91 Å². The van der Waals surface area contributed by atoms with Gasteiger partial charge < -0.3 is 5.32 Å². The molecule has 1 aromatic heterocycles. The number of hydrogen-bond donors (Lipinski definition) is 2. The zero-order valence-corrected chi connectivity index (χ0v) is 18.9. The molecule has 2 unspecified atom stereocenters. The molecule has 1 heterocycles. The third-order valence-corrected chi connectivity index (χ3v) is 5.57. The van der Waals surface area contributed by atoms with Gasteiger partial charge in [-0.2, -0.15) is 13.2 Å². The summed E-state index contributed by atoms with van der Waals surface area (Å²) < 4.78 is 80.7. The van der Waals surface area contributed by atoms with Gasteiger partial charge in [-0.15, -0.1) is 0 Å². The second-order valence-electron chi connectivity index (χ2n) is 8.03. The van der Waals surface area contributed by atoms with Crippen LogP contribution in [0, 0.1) is 24.4 Å². The van der Waals surface area contributed by atoms with Crippen molar-refractivity contribution in [2.24, 2.45) is 0 Å². The fourth-order valence-corrected chi connectivity index (χ4v) is 3.67. The summed E-state index contributed by atoms with van der Waals surface area (Å²) in [4.78, 5) is 16.1. The van der Waals surface area contributed by atoms with Crippen LogP contribution < -0.4 is 10.6 Å². The number of aromatic nitrogens is 1. The number of rotatable bonds is 8. The lowest BCUT2D eigenvalue weighted by Crippen LogP contribution is -2.38. The van der Waals surface area contributed by atoms with Gasteiger partial charge in [0.05, 0.1) is 0 Å². The second-order valence-corrected chi connectivity index (χ2v) is 8.03. The Balaban J connectivity index is 1.93. The van der Waals surface area contributed by atoms with Crippen LogP contribution >= 0.6 is 0 Å². The predicted molar refractivity (Wildman–Crippen MR) is 118 cm³/mol. The first-order valence-corrected chi connectivity index (χ1v) is 10.7. The van der Waals surface area contributed by atoms with Crippen molar-refractivity contribution in [1.29, 1.82) is 0 Å². The second kappa shape index (κ2) is 10.9. The van der Waals surface area contributed by atoms with Gasteiger partial charge in [0, 0.05) is 24.8 Å². The van der Waals surface area contributed by atoms with Crippen LogP contribution in [0.15, 0.2) is 54.7 Å². The van der Waals surface area contributed by atoms with E-state index in [1.807, 2.05) is 0 Å². The molecule has 0 spiro atoms. The molecule has 10 heteroatoms. The SMILES string of the molecule is CNC(=O)C(NC(CCc1ccc(C(F)(F)F)nc1)c1ccc(F)c(C)c1)c1cc(F)ccc1F. The summed E-state index contributed by atoms with van der Waals surface area (Å²) in [7, 11) is 1.35. The van der Waals surface area contributed by atoms with Crippen LogP contribution in [0.2, 0.25) is 0 Å². The molecule has 0 fully saturated rings. The molecule has 35 heavy (non-hydrogen) atoms. The van der Waals surface area contributed by atoms with Crippen LogP contribution in [0.4, 0.5) is 26.3 Å². The molecule has 0 aliphatic heterocycles. The topological polar surface area (TPSA) is 54.0 Å². The Morgan fingerprint density at radius 3 is 2.31 bits per heavy atom. The van der Waals surface area contributed by atoms with E-state index in [0.29, 0.717) is 16.7 Å². The summed E-state index contributed by atoms with van der Waals surface area (Å²) in [6.07, 6.45) is -2.98. The average molecular weight is 495 g/mol. The number of hydrogen-bond acceptors (Lipinski definition) is 3. The largest absolute Gasteiger partial charge is 0.433 e. The van der Waals surface area contributed by atoms with E-state index in [2.05, 4.69) is 15.6 Å². The summed E-state index contributed by atoms with van der Waals surface area (Å²) in [6.45, 7) is 1.55. The predicted octanol–water partition coefficient (Wildman–Crippen LogP) is 5.58. The normalized spacial score (nSPS) is 13.4. The van der Waals surface area contributed by atoms with Crippen molar-refractivity contribution in [3.05, 3.63) is 100 Å². The van der Waals surface area contributed by atoms with Gasteiger partial charge >= 0.3 is 6.18 Å². The number of benzene rings is 2. The molecule has 2 N–H and O–H groups in total. The minimum atomic E-state index is -4.57. The van der Waals surface area contributed by atoms with E-state index in [1.54, 1.807) is 13.0 Å². The van der Waals surface area contributed by atoms with Crippen LogP contribution in [-0.4, -0.2) is 17.9 Å². The number of halogens is 6. The molecule has 186 valence electrons. The van der Waals surface area contributed by atoms with Gasteiger partial charge in [-0.25, -0.2) is 13.2 Å². The van der Waals surface area contributed by atoms with Gasteiger partial charge in [-0.05, 0) is 66.8 Å². The smallest absolute Gasteiger partial charge is 0.358 e. The lowest BCUT2D eigenvalue weighted by molar-refractivity contribution is -0.141. The van der Waals surface area contributed by atoms with Gasteiger partial charge in [0.25, 0.3) is 0 Å². The van der Waals surface area contributed by atoms with Crippen molar-refractivity contribution in [3.8, 4) is 0 Å². The first kappa shape index (κ1) is 26.2. The summed E-state index contributed by atoms with van der Waals surface area (Å²) in [5.74, 6) is -2.61. The van der Waals surface area contributed by atoms with Crippen LogP contribution in [0.5, 0.6) is 0 Å². The molecule has 2 atom stereocenters. The van der Waals surface area contributed by atoms with Gasteiger partial charge in [0.1, 0.15) is 29.2 Å². The number of carbonyl (C=O) groups excluding carboxylic acids is 1. The van der Waals surface area contributed by atoms with E-state index >= 15 is 0 Å². The lowest BCUT2D eigenvalue weighted by Gasteiger charge is -2.26.